The molecule has 0 aromatic heterocycles. The molecule has 0 unspecified atom stereocenters. The van der Waals surface area contributed by atoms with Crippen molar-refractivity contribution in [3.63, 3.8) is 0 Å². The SMILES string of the molecule is C=CCCCCCCOS(=O)(=O)C=C. The molecule has 0 atom stereocenters. The Bertz CT molecular complexity index is 255. The summed E-state index contributed by atoms with van der Waals surface area (Å²) in [7, 11) is -3.47. The number of hydrogen-bond donors (Lipinski definition) is 0. The Labute approximate surface area is 86.6 Å². The largest absolute Gasteiger partial charge is 0.289 e. The summed E-state index contributed by atoms with van der Waals surface area (Å²) in [5.74, 6) is 0. The second-order valence-corrected chi connectivity index (χ2v) is 4.53. The molecule has 0 rings (SSSR count). The van der Waals surface area contributed by atoms with Crippen molar-refractivity contribution in [2.75, 3.05) is 6.61 Å². The molecule has 0 bridgehead atoms. The molecule has 0 spiro atoms. The first kappa shape index (κ1) is 13.4. The molecule has 0 heterocycles. The van der Waals surface area contributed by atoms with Gasteiger partial charge in [0.15, 0.2) is 0 Å². The normalized spacial score (nSPS) is 11.1. The predicted octanol–water partition coefficient (Wildman–Crippen LogP) is 2.61. The minimum absolute atomic E-state index is 0.252. The maximum Gasteiger partial charge on any atom is 0.289 e. The minimum Gasteiger partial charge on any atom is -0.267 e. The van der Waals surface area contributed by atoms with Crippen LogP contribution in [0.25, 0.3) is 0 Å². The average molecular weight is 218 g/mol. The van der Waals surface area contributed by atoms with E-state index in [1.54, 1.807) is 0 Å². The molecule has 0 saturated heterocycles. The second-order valence-electron chi connectivity index (χ2n) is 2.97. The highest BCUT2D eigenvalue weighted by atomic mass is 32.2. The Morgan fingerprint density at radius 1 is 1.07 bits per heavy atom. The summed E-state index contributed by atoms with van der Waals surface area (Å²) in [4.78, 5) is 0. The van der Waals surface area contributed by atoms with E-state index in [4.69, 9.17) is 0 Å². The number of unbranched alkanes of at least 4 members (excludes halogenated alkanes) is 4. The molecule has 0 aliphatic rings. The molecule has 0 aromatic carbocycles. The molecule has 4 heteroatoms. The predicted molar refractivity (Wildman–Crippen MR) is 58.4 cm³/mol. The highest BCUT2D eigenvalue weighted by Gasteiger charge is 2.02. The molecule has 0 amide bonds. The molecule has 0 aromatic rings. The lowest BCUT2D eigenvalue weighted by molar-refractivity contribution is 0.312. The van der Waals surface area contributed by atoms with E-state index in [1.807, 2.05) is 6.08 Å². The number of rotatable bonds is 9. The van der Waals surface area contributed by atoms with Crippen LogP contribution < -0.4 is 0 Å². The van der Waals surface area contributed by atoms with Gasteiger partial charge in [0.05, 0.1) is 12.0 Å². The molecule has 0 N–H and O–H groups in total. The van der Waals surface area contributed by atoms with Crippen LogP contribution in [-0.4, -0.2) is 15.0 Å². The Hall–Kier alpha value is -0.610. The maximum absolute atomic E-state index is 10.8. The fourth-order valence-corrected chi connectivity index (χ4v) is 1.41. The standard InChI is InChI=1S/C10H18O3S/c1-3-5-6-7-8-9-10-13-14(11,12)4-2/h3-4H,1-2,5-10H2. The second kappa shape index (κ2) is 7.76. The van der Waals surface area contributed by atoms with Crippen molar-refractivity contribution in [1.29, 1.82) is 0 Å². The van der Waals surface area contributed by atoms with Crippen LogP contribution in [0.15, 0.2) is 24.6 Å². The summed E-state index contributed by atoms with van der Waals surface area (Å²) in [6, 6.07) is 0. The summed E-state index contributed by atoms with van der Waals surface area (Å²) in [6.45, 7) is 7.02. The van der Waals surface area contributed by atoms with E-state index >= 15 is 0 Å². The van der Waals surface area contributed by atoms with Gasteiger partial charge in [-0.2, -0.15) is 8.42 Å². The van der Waals surface area contributed by atoms with Crippen molar-refractivity contribution >= 4 is 10.1 Å². The monoisotopic (exact) mass is 218 g/mol. The van der Waals surface area contributed by atoms with Crippen molar-refractivity contribution in [2.45, 2.75) is 32.1 Å². The van der Waals surface area contributed by atoms with E-state index in [-0.39, 0.29) is 6.61 Å². The third-order valence-corrected chi connectivity index (χ3v) is 2.66. The molecule has 0 fully saturated rings. The Balaban J connectivity index is 3.30. The number of hydrogen-bond acceptors (Lipinski definition) is 3. The topological polar surface area (TPSA) is 43.4 Å². The van der Waals surface area contributed by atoms with E-state index in [0.717, 1.165) is 37.5 Å². The third-order valence-electron chi connectivity index (χ3n) is 1.75. The lowest BCUT2D eigenvalue weighted by Crippen LogP contribution is -2.02. The van der Waals surface area contributed by atoms with Gasteiger partial charge >= 0.3 is 0 Å². The highest BCUT2D eigenvalue weighted by molar-refractivity contribution is 7.89. The first-order valence-electron chi connectivity index (χ1n) is 4.75. The van der Waals surface area contributed by atoms with Gasteiger partial charge in [0.1, 0.15) is 0 Å². The van der Waals surface area contributed by atoms with E-state index < -0.39 is 10.1 Å². The van der Waals surface area contributed by atoms with Crippen molar-refractivity contribution in [1.82, 2.24) is 0 Å². The van der Waals surface area contributed by atoms with Crippen molar-refractivity contribution in [2.24, 2.45) is 0 Å². The fourth-order valence-electron chi connectivity index (χ4n) is 0.967. The quantitative estimate of drug-likeness (QED) is 0.339. The van der Waals surface area contributed by atoms with Crippen LogP contribution in [0.5, 0.6) is 0 Å². The molecule has 14 heavy (non-hydrogen) atoms. The summed E-state index contributed by atoms with van der Waals surface area (Å²) < 4.78 is 26.2. The zero-order chi connectivity index (χ0) is 10.9. The molecule has 0 aliphatic carbocycles. The lowest BCUT2D eigenvalue weighted by atomic mass is 10.1. The third kappa shape index (κ3) is 8.01. The van der Waals surface area contributed by atoms with Gasteiger partial charge in [-0.05, 0) is 19.3 Å². The molecule has 3 nitrogen and oxygen atoms in total. The van der Waals surface area contributed by atoms with E-state index in [1.165, 1.54) is 0 Å². The molecular weight excluding hydrogens is 200 g/mol. The zero-order valence-electron chi connectivity index (χ0n) is 8.44. The Morgan fingerprint density at radius 3 is 2.29 bits per heavy atom. The van der Waals surface area contributed by atoms with Gasteiger partial charge in [-0.25, -0.2) is 0 Å². The van der Waals surface area contributed by atoms with Gasteiger partial charge in [0, 0.05) is 0 Å². The van der Waals surface area contributed by atoms with Gasteiger partial charge in [-0.15, -0.1) is 6.58 Å². The van der Waals surface area contributed by atoms with Crippen molar-refractivity contribution < 1.29 is 12.6 Å². The van der Waals surface area contributed by atoms with Crippen LogP contribution in [0.3, 0.4) is 0 Å². The zero-order valence-corrected chi connectivity index (χ0v) is 9.26. The summed E-state index contributed by atoms with van der Waals surface area (Å²) in [5.41, 5.74) is 0. The first-order chi connectivity index (χ1) is 6.62. The summed E-state index contributed by atoms with van der Waals surface area (Å²) in [5, 5.41) is 0.824. The van der Waals surface area contributed by atoms with Gasteiger partial charge in [-0.3, -0.25) is 4.18 Å². The minimum atomic E-state index is -3.47. The van der Waals surface area contributed by atoms with Crippen LogP contribution in [0.4, 0.5) is 0 Å². The maximum atomic E-state index is 10.8. The van der Waals surface area contributed by atoms with Crippen LogP contribution in [-0.2, 0) is 14.3 Å². The lowest BCUT2D eigenvalue weighted by Gasteiger charge is -2.00. The molecule has 0 radical (unpaired) electrons. The highest BCUT2D eigenvalue weighted by Crippen LogP contribution is 2.04. The first-order valence-corrected chi connectivity index (χ1v) is 6.22. The smallest absolute Gasteiger partial charge is 0.267 e. The van der Waals surface area contributed by atoms with Gasteiger partial charge < -0.3 is 0 Å². The summed E-state index contributed by atoms with van der Waals surface area (Å²) in [6.07, 6.45) is 6.86. The van der Waals surface area contributed by atoms with Crippen molar-refractivity contribution in [3.8, 4) is 0 Å². The van der Waals surface area contributed by atoms with Crippen LogP contribution in [0.2, 0.25) is 0 Å². The average Bonchev–Trinajstić information content (AvgIpc) is 2.16. The fraction of sp³-hybridized carbons (Fsp3) is 0.600. The molecule has 0 aliphatic heterocycles. The van der Waals surface area contributed by atoms with Crippen LogP contribution >= 0.6 is 0 Å². The molecular formula is C10H18O3S. The molecule has 0 saturated carbocycles. The number of allylic oxidation sites excluding steroid dienone is 1. The van der Waals surface area contributed by atoms with Crippen LogP contribution in [0, 0.1) is 0 Å². The Kier molecular flexibility index (Phi) is 7.42. The molecule has 82 valence electrons. The Morgan fingerprint density at radius 2 is 1.71 bits per heavy atom. The van der Waals surface area contributed by atoms with Gasteiger partial charge in [-0.1, -0.05) is 25.5 Å². The van der Waals surface area contributed by atoms with E-state index in [2.05, 4.69) is 17.3 Å². The van der Waals surface area contributed by atoms with E-state index in [9.17, 15) is 8.42 Å². The van der Waals surface area contributed by atoms with Crippen LogP contribution in [0.1, 0.15) is 32.1 Å². The van der Waals surface area contributed by atoms with Gasteiger partial charge in [0.2, 0.25) is 0 Å². The van der Waals surface area contributed by atoms with Crippen molar-refractivity contribution in [3.05, 3.63) is 24.6 Å². The summed E-state index contributed by atoms with van der Waals surface area (Å²) >= 11 is 0. The van der Waals surface area contributed by atoms with Gasteiger partial charge in [0.25, 0.3) is 10.1 Å². The van der Waals surface area contributed by atoms with E-state index in [0.29, 0.717) is 0 Å².